The van der Waals surface area contributed by atoms with Crippen LogP contribution in [0.4, 0.5) is 4.79 Å². The molecule has 0 spiro atoms. The van der Waals surface area contributed by atoms with E-state index in [1.165, 1.54) is 11.1 Å². The molecule has 22 heavy (non-hydrogen) atoms. The Bertz CT molecular complexity index is 670. The predicted octanol–water partition coefficient (Wildman–Crippen LogP) is 1.58. The number of carbonyl (C=O) groups is 1. The summed E-state index contributed by atoms with van der Waals surface area (Å²) in [5.41, 5.74) is 2.68. The molecule has 0 fully saturated rings. The van der Waals surface area contributed by atoms with Crippen LogP contribution in [0.15, 0.2) is 30.6 Å². The monoisotopic (exact) mass is 297 g/mol. The molecule has 1 aromatic heterocycles. The lowest BCUT2D eigenvalue weighted by Gasteiger charge is -2.24. The van der Waals surface area contributed by atoms with Crippen molar-refractivity contribution in [2.45, 2.75) is 44.3 Å². The van der Waals surface area contributed by atoms with Gasteiger partial charge in [0.25, 0.3) is 0 Å². The van der Waals surface area contributed by atoms with Crippen molar-refractivity contribution in [3.05, 3.63) is 47.5 Å². The highest BCUT2D eigenvalue weighted by molar-refractivity contribution is 5.75. The van der Waals surface area contributed by atoms with E-state index < -0.39 is 0 Å². The Kier molecular flexibility index (Phi) is 3.29. The third-order valence-electron chi connectivity index (χ3n) is 4.51. The Morgan fingerprint density at radius 3 is 2.73 bits per heavy atom. The van der Waals surface area contributed by atoms with Gasteiger partial charge in [-0.3, -0.25) is 0 Å². The Morgan fingerprint density at radius 2 is 1.95 bits per heavy atom. The molecule has 2 amide bonds. The lowest BCUT2D eigenvalue weighted by atomic mass is 10.1. The van der Waals surface area contributed by atoms with Crippen molar-refractivity contribution >= 4 is 6.03 Å². The van der Waals surface area contributed by atoms with Crippen LogP contribution >= 0.6 is 0 Å². The average Bonchev–Trinajstić information content (AvgIpc) is 3.12. The normalized spacial score (nSPS) is 20.3. The van der Waals surface area contributed by atoms with Crippen molar-refractivity contribution in [1.82, 2.24) is 25.4 Å². The van der Waals surface area contributed by atoms with Crippen LogP contribution in [0.3, 0.4) is 0 Å². The first-order valence-corrected chi connectivity index (χ1v) is 7.81. The Labute approximate surface area is 128 Å². The highest BCUT2D eigenvalue weighted by Crippen LogP contribution is 2.23. The zero-order valence-electron chi connectivity index (χ0n) is 12.3. The van der Waals surface area contributed by atoms with Crippen molar-refractivity contribution in [3.8, 4) is 0 Å². The molecule has 2 aliphatic rings. The molecule has 2 N–H and O–H groups in total. The molecule has 6 nitrogen and oxygen atoms in total. The molecular weight excluding hydrogens is 278 g/mol. The summed E-state index contributed by atoms with van der Waals surface area (Å²) in [6.45, 7) is 0.882. The number of aryl methyl sites for hydroxylation is 1. The van der Waals surface area contributed by atoms with Gasteiger partial charge in [0.15, 0.2) is 0 Å². The van der Waals surface area contributed by atoms with E-state index in [-0.39, 0.29) is 18.1 Å². The molecule has 1 atom stereocenters. The lowest BCUT2D eigenvalue weighted by molar-refractivity contribution is 0.229. The standard InChI is InChI=1S/C16H19N5O/c22-16(19-13-8-11-4-1-2-5-12(11)9-13)20-14-6-3-7-21-15(14)17-10-18-21/h1-2,4-5,10,13-14H,3,6-9H2,(H2,19,20,22)/t14-/m0/s1. The van der Waals surface area contributed by atoms with Gasteiger partial charge in [-0.15, -0.1) is 0 Å². The molecule has 0 saturated heterocycles. The Balaban J connectivity index is 1.37. The topological polar surface area (TPSA) is 71.8 Å². The molecule has 6 heteroatoms. The van der Waals surface area contributed by atoms with Crippen LogP contribution in [0.2, 0.25) is 0 Å². The second kappa shape index (κ2) is 5.44. The van der Waals surface area contributed by atoms with Crippen molar-refractivity contribution in [2.75, 3.05) is 0 Å². The van der Waals surface area contributed by atoms with E-state index in [4.69, 9.17) is 0 Å². The van der Waals surface area contributed by atoms with Crippen molar-refractivity contribution < 1.29 is 4.79 Å². The molecular formula is C16H19N5O. The minimum absolute atomic E-state index is 0.0416. The number of nitrogens with zero attached hydrogens (tertiary/aromatic N) is 3. The second-order valence-corrected chi connectivity index (χ2v) is 6.03. The Hall–Kier alpha value is -2.37. The van der Waals surface area contributed by atoms with Gasteiger partial charge in [-0.2, -0.15) is 5.10 Å². The van der Waals surface area contributed by atoms with Crippen LogP contribution in [-0.4, -0.2) is 26.8 Å². The molecule has 0 saturated carbocycles. The van der Waals surface area contributed by atoms with Crippen molar-refractivity contribution in [1.29, 1.82) is 0 Å². The van der Waals surface area contributed by atoms with E-state index in [1.807, 2.05) is 4.68 Å². The third-order valence-corrected chi connectivity index (χ3v) is 4.51. The fourth-order valence-electron chi connectivity index (χ4n) is 3.47. The number of rotatable bonds is 2. The van der Waals surface area contributed by atoms with E-state index in [0.717, 1.165) is 38.1 Å². The summed E-state index contributed by atoms with van der Waals surface area (Å²) in [4.78, 5) is 16.5. The number of carbonyl (C=O) groups excluding carboxylic acids is 1. The molecule has 4 rings (SSSR count). The van der Waals surface area contributed by atoms with Gasteiger partial charge in [-0.25, -0.2) is 14.5 Å². The zero-order valence-corrected chi connectivity index (χ0v) is 12.3. The predicted molar refractivity (Wildman–Crippen MR) is 81.3 cm³/mol. The summed E-state index contributed by atoms with van der Waals surface area (Å²) in [7, 11) is 0. The van der Waals surface area contributed by atoms with Gasteiger partial charge < -0.3 is 10.6 Å². The second-order valence-electron chi connectivity index (χ2n) is 6.03. The van der Waals surface area contributed by atoms with E-state index in [1.54, 1.807) is 6.33 Å². The van der Waals surface area contributed by atoms with Gasteiger partial charge >= 0.3 is 6.03 Å². The van der Waals surface area contributed by atoms with Crippen LogP contribution in [0.25, 0.3) is 0 Å². The summed E-state index contributed by atoms with van der Waals surface area (Å²) in [6.07, 6.45) is 5.29. The number of amides is 2. The lowest BCUT2D eigenvalue weighted by Crippen LogP contribution is -2.45. The molecule has 2 aromatic rings. The maximum absolute atomic E-state index is 12.3. The maximum atomic E-state index is 12.3. The highest BCUT2D eigenvalue weighted by atomic mass is 16.2. The van der Waals surface area contributed by atoms with Gasteiger partial charge in [0.05, 0.1) is 6.04 Å². The van der Waals surface area contributed by atoms with Gasteiger partial charge in [-0.05, 0) is 36.8 Å². The first kappa shape index (κ1) is 13.3. The van der Waals surface area contributed by atoms with Gasteiger partial charge in [0, 0.05) is 12.6 Å². The Morgan fingerprint density at radius 1 is 1.18 bits per heavy atom. The molecule has 0 unspecified atom stereocenters. The molecule has 1 aliphatic carbocycles. The van der Waals surface area contributed by atoms with E-state index in [0.29, 0.717) is 0 Å². The molecule has 0 bridgehead atoms. The SMILES string of the molecule is O=C(NC1Cc2ccccc2C1)N[C@H]1CCCn2ncnc21. The number of benzene rings is 1. The first-order chi connectivity index (χ1) is 10.8. The molecule has 0 radical (unpaired) electrons. The van der Waals surface area contributed by atoms with Crippen molar-refractivity contribution in [2.24, 2.45) is 0 Å². The number of urea groups is 1. The van der Waals surface area contributed by atoms with Crippen LogP contribution in [0, 0.1) is 0 Å². The summed E-state index contributed by atoms with van der Waals surface area (Å²) >= 11 is 0. The first-order valence-electron chi connectivity index (χ1n) is 7.81. The smallest absolute Gasteiger partial charge is 0.315 e. The third kappa shape index (κ3) is 2.45. The van der Waals surface area contributed by atoms with Crippen molar-refractivity contribution in [3.63, 3.8) is 0 Å². The number of fused-ring (bicyclic) bond motifs is 2. The fraction of sp³-hybridized carbons (Fsp3) is 0.438. The number of aromatic nitrogens is 3. The van der Waals surface area contributed by atoms with Crippen LogP contribution in [0.5, 0.6) is 0 Å². The fourth-order valence-corrected chi connectivity index (χ4v) is 3.47. The summed E-state index contributed by atoms with van der Waals surface area (Å²) in [6, 6.07) is 8.40. The average molecular weight is 297 g/mol. The minimum atomic E-state index is -0.112. The van der Waals surface area contributed by atoms with E-state index in [9.17, 15) is 4.79 Å². The largest absolute Gasteiger partial charge is 0.335 e. The summed E-state index contributed by atoms with van der Waals surface area (Å²) < 4.78 is 1.87. The molecule has 2 heterocycles. The van der Waals surface area contributed by atoms with Crippen LogP contribution in [-0.2, 0) is 19.4 Å². The van der Waals surface area contributed by atoms with E-state index >= 15 is 0 Å². The maximum Gasteiger partial charge on any atom is 0.315 e. The van der Waals surface area contributed by atoms with Gasteiger partial charge in [0.2, 0.25) is 0 Å². The van der Waals surface area contributed by atoms with Gasteiger partial charge in [-0.1, -0.05) is 24.3 Å². The quantitative estimate of drug-likeness (QED) is 0.884. The summed E-state index contributed by atoms with van der Waals surface area (Å²) in [5.74, 6) is 0.858. The number of hydrogen-bond acceptors (Lipinski definition) is 3. The number of nitrogens with one attached hydrogen (secondary N) is 2. The zero-order chi connectivity index (χ0) is 14.9. The van der Waals surface area contributed by atoms with Crippen LogP contribution < -0.4 is 10.6 Å². The molecule has 1 aromatic carbocycles. The minimum Gasteiger partial charge on any atom is -0.335 e. The highest BCUT2D eigenvalue weighted by Gasteiger charge is 2.26. The molecule has 114 valence electrons. The van der Waals surface area contributed by atoms with Gasteiger partial charge in [0.1, 0.15) is 12.2 Å². The number of hydrogen-bond donors (Lipinski definition) is 2. The van der Waals surface area contributed by atoms with Crippen LogP contribution in [0.1, 0.15) is 35.8 Å². The summed E-state index contributed by atoms with van der Waals surface area (Å²) in [5, 5.41) is 10.3. The molecule has 1 aliphatic heterocycles. The van der Waals surface area contributed by atoms with E-state index in [2.05, 4.69) is 45.0 Å².